The van der Waals surface area contributed by atoms with Gasteiger partial charge in [-0.1, -0.05) is 23.7 Å². The first-order valence-electron chi connectivity index (χ1n) is 5.84. The van der Waals surface area contributed by atoms with Crippen LogP contribution in [0, 0.1) is 11.3 Å². The van der Waals surface area contributed by atoms with E-state index in [1.165, 1.54) is 11.3 Å². The van der Waals surface area contributed by atoms with Crippen LogP contribution in [0.2, 0.25) is 5.02 Å². The fraction of sp³-hybridized carbons (Fsp3) is 0. The maximum absolute atomic E-state index is 8.93. The summed E-state index contributed by atoms with van der Waals surface area (Å²) in [4.78, 5) is 8.81. The molecule has 3 rings (SSSR count). The second-order valence-corrected chi connectivity index (χ2v) is 5.39. The zero-order chi connectivity index (χ0) is 13.9. The van der Waals surface area contributed by atoms with Crippen molar-refractivity contribution in [2.75, 3.05) is 0 Å². The molecule has 0 amide bonds. The van der Waals surface area contributed by atoms with Gasteiger partial charge in [0.05, 0.1) is 28.0 Å². The molecule has 5 heteroatoms. The maximum atomic E-state index is 8.93. The van der Waals surface area contributed by atoms with E-state index in [1.807, 2.05) is 29.6 Å². The van der Waals surface area contributed by atoms with Gasteiger partial charge in [-0.3, -0.25) is 4.98 Å². The molecule has 0 atom stereocenters. The highest BCUT2D eigenvalue weighted by atomic mass is 35.5. The number of halogens is 1. The summed E-state index contributed by atoms with van der Waals surface area (Å²) in [6, 6.07) is 13.2. The third-order valence-corrected chi connectivity index (χ3v) is 3.83. The van der Waals surface area contributed by atoms with Crippen LogP contribution in [0.25, 0.3) is 22.0 Å². The van der Waals surface area contributed by atoms with E-state index in [2.05, 4.69) is 16.0 Å². The van der Waals surface area contributed by atoms with E-state index < -0.39 is 0 Å². The van der Waals surface area contributed by atoms with Crippen molar-refractivity contribution in [3.63, 3.8) is 0 Å². The predicted octanol–water partition coefficient (Wildman–Crippen LogP) is 4.40. The van der Waals surface area contributed by atoms with Crippen LogP contribution in [0.4, 0.5) is 0 Å². The molecule has 0 saturated heterocycles. The molecule has 0 unspecified atom stereocenters. The van der Waals surface area contributed by atoms with Crippen molar-refractivity contribution in [1.82, 2.24) is 9.97 Å². The number of nitriles is 1. The monoisotopic (exact) mass is 297 g/mol. The smallest absolute Gasteiger partial charge is 0.142 e. The number of aromatic nitrogens is 2. The fourth-order valence-corrected chi connectivity index (χ4v) is 2.69. The molecule has 1 aromatic carbocycles. The Morgan fingerprint density at radius 2 is 2.05 bits per heavy atom. The highest BCUT2D eigenvalue weighted by Gasteiger charge is 2.08. The Balaban J connectivity index is 1.97. The normalized spacial score (nSPS) is 10.2. The second kappa shape index (κ2) is 5.41. The van der Waals surface area contributed by atoms with Gasteiger partial charge in [-0.05, 0) is 24.3 Å². The van der Waals surface area contributed by atoms with Crippen LogP contribution >= 0.6 is 22.9 Å². The Morgan fingerprint density at radius 1 is 1.15 bits per heavy atom. The van der Waals surface area contributed by atoms with Gasteiger partial charge in [0.2, 0.25) is 0 Å². The lowest BCUT2D eigenvalue weighted by molar-refractivity contribution is 1.29. The summed E-state index contributed by atoms with van der Waals surface area (Å²) in [7, 11) is 0. The number of rotatable bonds is 2. The number of benzene rings is 1. The van der Waals surface area contributed by atoms with Crippen LogP contribution in [-0.4, -0.2) is 9.97 Å². The number of nitrogens with zero attached hydrogens (tertiary/aromatic N) is 3. The standard InChI is InChI=1S/C15H8ClN3S/c16-12-4-5-13(18-8-12)15-19-14(9-20-15)11-3-1-2-10(6-11)7-17/h1-6,8-9H. The van der Waals surface area contributed by atoms with Gasteiger partial charge in [0.1, 0.15) is 5.01 Å². The van der Waals surface area contributed by atoms with Crippen molar-refractivity contribution < 1.29 is 0 Å². The van der Waals surface area contributed by atoms with E-state index >= 15 is 0 Å². The Labute approximate surface area is 125 Å². The fourth-order valence-electron chi connectivity index (χ4n) is 1.77. The first-order chi connectivity index (χ1) is 9.76. The van der Waals surface area contributed by atoms with Crippen molar-refractivity contribution in [2.24, 2.45) is 0 Å². The molecule has 2 heterocycles. The number of hydrogen-bond donors (Lipinski definition) is 0. The summed E-state index contributed by atoms with van der Waals surface area (Å²) in [5.74, 6) is 0. The minimum Gasteiger partial charge on any atom is -0.252 e. The third kappa shape index (κ3) is 2.55. The van der Waals surface area contributed by atoms with Crippen LogP contribution in [0.5, 0.6) is 0 Å². The van der Waals surface area contributed by atoms with E-state index in [9.17, 15) is 0 Å². The quantitative estimate of drug-likeness (QED) is 0.704. The Bertz CT molecular complexity index is 787. The molecule has 0 aliphatic heterocycles. The minimum absolute atomic E-state index is 0.604. The van der Waals surface area contributed by atoms with Gasteiger partial charge < -0.3 is 0 Å². The van der Waals surface area contributed by atoms with Crippen LogP contribution in [0.15, 0.2) is 48.0 Å². The van der Waals surface area contributed by atoms with Crippen LogP contribution in [0.1, 0.15) is 5.56 Å². The van der Waals surface area contributed by atoms with Gasteiger partial charge in [-0.25, -0.2) is 4.98 Å². The van der Waals surface area contributed by atoms with Gasteiger partial charge in [0.25, 0.3) is 0 Å². The maximum Gasteiger partial charge on any atom is 0.142 e. The Morgan fingerprint density at radius 3 is 2.80 bits per heavy atom. The lowest BCUT2D eigenvalue weighted by atomic mass is 10.1. The lowest BCUT2D eigenvalue weighted by Gasteiger charge is -1.97. The van der Waals surface area contributed by atoms with Gasteiger partial charge in [-0.15, -0.1) is 11.3 Å². The SMILES string of the molecule is N#Cc1cccc(-c2csc(-c3ccc(Cl)cn3)n2)c1. The molecule has 0 fully saturated rings. The van der Waals surface area contributed by atoms with Crippen molar-refractivity contribution in [3.05, 3.63) is 58.6 Å². The van der Waals surface area contributed by atoms with Gasteiger partial charge in [-0.2, -0.15) is 5.26 Å². The average Bonchev–Trinajstić information content (AvgIpc) is 2.98. The van der Waals surface area contributed by atoms with Crippen LogP contribution < -0.4 is 0 Å². The van der Waals surface area contributed by atoms with E-state index in [4.69, 9.17) is 16.9 Å². The van der Waals surface area contributed by atoms with Crippen molar-refractivity contribution in [3.8, 4) is 28.0 Å². The van der Waals surface area contributed by atoms with Gasteiger partial charge >= 0.3 is 0 Å². The number of hydrogen-bond acceptors (Lipinski definition) is 4. The molecule has 0 spiro atoms. The molecule has 3 aromatic rings. The largest absolute Gasteiger partial charge is 0.252 e. The van der Waals surface area contributed by atoms with Crippen molar-refractivity contribution in [2.45, 2.75) is 0 Å². The zero-order valence-corrected chi connectivity index (χ0v) is 11.8. The average molecular weight is 298 g/mol. The van der Waals surface area contributed by atoms with E-state index in [0.717, 1.165) is 22.0 Å². The molecule has 2 aromatic heterocycles. The highest BCUT2D eigenvalue weighted by molar-refractivity contribution is 7.13. The van der Waals surface area contributed by atoms with E-state index in [1.54, 1.807) is 18.3 Å². The molecular weight excluding hydrogens is 290 g/mol. The summed E-state index contributed by atoms with van der Waals surface area (Å²) < 4.78 is 0. The molecule has 96 valence electrons. The summed E-state index contributed by atoms with van der Waals surface area (Å²) in [6.07, 6.45) is 1.61. The number of thiazole rings is 1. The van der Waals surface area contributed by atoms with Crippen LogP contribution in [-0.2, 0) is 0 Å². The molecule has 0 radical (unpaired) electrons. The molecule has 0 aliphatic rings. The lowest BCUT2D eigenvalue weighted by Crippen LogP contribution is -1.83. The summed E-state index contributed by atoms with van der Waals surface area (Å²) in [5, 5.41) is 12.3. The molecule has 0 bridgehead atoms. The van der Waals surface area contributed by atoms with Gasteiger partial charge in [0.15, 0.2) is 0 Å². The number of pyridine rings is 1. The Kier molecular flexibility index (Phi) is 3.46. The van der Waals surface area contributed by atoms with Gasteiger partial charge in [0, 0.05) is 17.1 Å². The Hall–Kier alpha value is -2.22. The minimum atomic E-state index is 0.604. The molecule has 0 saturated carbocycles. The van der Waals surface area contributed by atoms with E-state index in [-0.39, 0.29) is 0 Å². The molecule has 0 aliphatic carbocycles. The molecule has 3 nitrogen and oxygen atoms in total. The predicted molar refractivity (Wildman–Crippen MR) is 80.5 cm³/mol. The third-order valence-electron chi connectivity index (χ3n) is 2.74. The summed E-state index contributed by atoms with van der Waals surface area (Å²) >= 11 is 7.34. The first-order valence-corrected chi connectivity index (χ1v) is 7.10. The molecular formula is C15H8ClN3S. The topological polar surface area (TPSA) is 49.6 Å². The molecule has 20 heavy (non-hydrogen) atoms. The van der Waals surface area contributed by atoms with E-state index in [0.29, 0.717) is 10.6 Å². The van der Waals surface area contributed by atoms with Crippen molar-refractivity contribution in [1.29, 1.82) is 5.26 Å². The first kappa shape index (κ1) is 12.8. The second-order valence-electron chi connectivity index (χ2n) is 4.09. The molecule has 0 N–H and O–H groups in total. The van der Waals surface area contributed by atoms with Crippen molar-refractivity contribution >= 4 is 22.9 Å². The van der Waals surface area contributed by atoms with Crippen LogP contribution in [0.3, 0.4) is 0 Å². The summed E-state index contributed by atoms with van der Waals surface area (Å²) in [6.45, 7) is 0. The summed E-state index contributed by atoms with van der Waals surface area (Å²) in [5.41, 5.74) is 3.20. The highest BCUT2D eigenvalue weighted by Crippen LogP contribution is 2.28. The zero-order valence-electron chi connectivity index (χ0n) is 10.2.